The van der Waals surface area contributed by atoms with Crippen molar-refractivity contribution in [3.63, 3.8) is 0 Å². The number of nitrogens with zero attached hydrogens (tertiary/aromatic N) is 1. The lowest BCUT2D eigenvalue weighted by molar-refractivity contribution is -0.110. The predicted octanol–water partition coefficient (Wildman–Crippen LogP) is 1.91. The van der Waals surface area contributed by atoms with E-state index in [1.165, 1.54) is 11.1 Å². The molecule has 0 saturated heterocycles. The summed E-state index contributed by atoms with van der Waals surface area (Å²) in [5.41, 5.74) is 3.69. The number of hydrogen-bond acceptors (Lipinski definition) is 2. The number of halogens is 1. The molecule has 1 aromatic heterocycles. The minimum atomic E-state index is 0.189. The van der Waals surface area contributed by atoms with Crippen LogP contribution in [0.5, 0.6) is 0 Å². The highest BCUT2D eigenvalue weighted by atomic mass is 127. The zero-order chi connectivity index (χ0) is 9.42. The molecule has 0 radical (unpaired) electrons. The molecule has 0 saturated carbocycles. The maximum atomic E-state index is 10.6. The standard InChI is InChI=1S/C10H10INO/c1-6-9-3-7(5-13)2-8(9)4-10(11)12-6/h4-5,7H,2-3H2,1H3. The number of aldehydes is 1. The van der Waals surface area contributed by atoms with Crippen molar-refractivity contribution in [2.45, 2.75) is 19.8 Å². The van der Waals surface area contributed by atoms with Gasteiger partial charge in [-0.05, 0) is 59.5 Å². The first-order valence-corrected chi connectivity index (χ1v) is 5.38. The van der Waals surface area contributed by atoms with Gasteiger partial charge in [0, 0.05) is 11.6 Å². The molecule has 0 N–H and O–H groups in total. The molecule has 1 heterocycles. The summed E-state index contributed by atoms with van der Waals surface area (Å²) in [6.45, 7) is 2.02. The Labute approximate surface area is 90.9 Å². The Balaban J connectivity index is 2.45. The maximum Gasteiger partial charge on any atom is 0.123 e. The Morgan fingerprint density at radius 3 is 3.08 bits per heavy atom. The van der Waals surface area contributed by atoms with Gasteiger partial charge < -0.3 is 4.79 Å². The summed E-state index contributed by atoms with van der Waals surface area (Å²) >= 11 is 2.22. The van der Waals surface area contributed by atoms with Crippen molar-refractivity contribution in [2.75, 3.05) is 0 Å². The first-order valence-electron chi connectivity index (χ1n) is 4.31. The number of fused-ring (bicyclic) bond motifs is 1. The third-order valence-electron chi connectivity index (χ3n) is 2.53. The monoisotopic (exact) mass is 287 g/mol. The number of carbonyl (C=O) groups excluding carboxylic acids is 1. The second kappa shape index (κ2) is 3.36. The highest BCUT2D eigenvalue weighted by Gasteiger charge is 2.23. The third-order valence-corrected chi connectivity index (χ3v) is 3.09. The first kappa shape index (κ1) is 9.12. The zero-order valence-electron chi connectivity index (χ0n) is 7.38. The molecule has 1 aromatic rings. The number of carbonyl (C=O) groups is 1. The van der Waals surface area contributed by atoms with Crippen LogP contribution in [0.1, 0.15) is 16.8 Å². The molecule has 13 heavy (non-hydrogen) atoms. The molecule has 0 spiro atoms. The van der Waals surface area contributed by atoms with Crippen LogP contribution in [0.3, 0.4) is 0 Å². The summed E-state index contributed by atoms with van der Waals surface area (Å²) < 4.78 is 1.03. The summed E-state index contributed by atoms with van der Waals surface area (Å²) in [5, 5.41) is 0. The molecule has 2 nitrogen and oxygen atoms in total. The SMILES string of the molecule is Cc1nc(I)cc2c1CC(C=O)C2. The van der Waals surface area contributed by atoms with E-state index in [1.54, 1.807) is 0 Å². The van der Waals surface area contributed by atoms with Crippen LogP contribution in [0.15, 0.2) is 6.07 Å². The average Bonchev–Trinajstić information content (AvgIpc) is 2.47. The van der Waals surface area contributed by atoms with Gasteiger partial charge in [-0.2, -0.15) is 0 Å². The molecular formula is C10H10INO. The molecule has 1 aliphatic carbocycles. The fraction of sp³-hybridized carbons (Fsp3) is 0.400. The Bertz CT molecular complexity index is 362. The van der Waals surface area contributed by atoms with Gasteiger partial charge in [-0.3, -0.25) is 0 Å². The third kappa shape index (κ3) is 1.61. The molecule has 0 fully saturated rings. The summed E-state index contributed by atoms with van der Waals surface area (Å²) in [4.78, 5) is 15.0. The smallest absolute Gasteiger partial charge is 0.123 e. The van der Waals surface area contributed by atoms with Gasteiger partial charge in [0.05, 0.1) is 0 Å². The summed E-state index contributed by atoms with van der Waals surface area (Å²) in [5.74, 6) is 0.189. The minimum absolute atomic E-state index is 0.189. The number of hydrogen-bond donors (Lipinski definition) is 0. The van der Waals surface area contributed by atoms with Gasteiger partial charge in [-0.1, -0.05) is 0 Å². The van der Waals surface area contributed by atoms with E-state index in [0.29, 0.717) is 0 Å². The molecule has 0 amide bonds. The molecule has 68 valence electrons. The van der Waals surface area contributed by atoms with Crippen LogP contribution in [0.4, 0.5) is 0 Å². The highest BCUT2D eigenvalue weighted by Crippen LogP contribution is 2.28. The summed E-state index contributed by atoms with van der Waals surface area (Å²) in [6, 6.07) is 2.09. The van der Waals surface area contributed by atoms with Crippen LogP contribution in [0.25, 0.3) is 0 Å². The number of aryl methyl sites for hydroxylation is 1. The molecule has 0 aliphatic heterocycles. The van der Waals surface area contributed by atoms with Gasteiger partial charge in [-0.25, -0.2) is 4.98 Å². The van der Waals surface area contributed by atoms with Gasteiger partial charge in [-0.15, -0.1) is 0 Å². The first-order chi connectivity index (χ1) is 6.20. The van der Waals surface area contributed by atoms with Crippen molar-refractivity contribution in [1.29, 1.82) is 0 Å². The Morgan fingerprint density at radius 2 is 2.38 bits per heavy atom. The highest BCUT2D eigenvalue weighted by molar-refractivity contribution is 14.1. The maximum absolute atomic E-state index is 10.6. The van der Waals surface area contributed by atoms with Crippen molar-refractivity contribution >= 4 is 28.9 Å². The van der Waals surface area contributed by atoms with Gasteiger partial charge >= 0.3 is 0 Å². The van der Waals surface area contributed by atoms with E-state index >= 15 is 0 Å². The second-order valence-corrected chi connectivity index (χ2v) is 4.58. The van der Waals surface area contributed by atoms with Crippen LogP contribution in [-0.2, 0) is 17.6 Å². The van der Waals surface area contributed by atoms with E-state index in [4.69, 9.17) is 0 Å². The van der Waals surface area contributed by atoms with E-state index in [2.05, 4.69) is 33.6 Å². The average molecular weight is 287 g/mol. The van der Waals surface area contributed by atoms with Crippen molar-refractivity contribution in [2.24, 2.45) is 5.92 Å². The quantitative estimate of drug-likeness (QED) is 0.448. The van der Waals surface area contributed by atoms with Crippen LogP contribution in [0.2, 0.25) is 0 Å². The van der Waals surface area contributed by atoms with Gasteiger partial charge in [0.25, 0.3) is 0 Å². The molecule has 1 aliphatic rings. The van der Waals surface area contributed by atoms with Crippen LogP contribution in [0, 0.1) is 16.5 Å². The predicted molar refractivity (Wildman–Crippen MR) is 58.7 cm³/mol. The molecule has 3 heteroatoms. The van der Waals surface area contributed by atoms with Crippen LogP contribution >= 0.6 is 22.6 Å². The summed E-state index contributed by atoms with van der Waals surface area (Å²) in [6.07, 6.45) is 2.85. The lowest BCUT2D eigenvalue weighted by Gasteiger charge is -2.02. The lowest BCUT2D eigenvalue weighted by Crippen LogP contribution is -1.99. The van der Waals surface area contributed by atoms with E-state index in [-0.39, 0.29) is 5.92 Å². The topological polar surface area (TPSA) is 30.0 Å². The fourth-order valence-electron chi connectivity index (χ4n) is 1.90. The Morgan fingerprint density at radius 1 is 1.62 bits per heavy atom. The fourth-order valence-corrected chi connectivity index (χ4v) is 2.63. The number of aromatic nitrogens is 1. The van der Waals surface area contributed by atoms with Crippen LogP contribution < -0.4 is 0 Å². The van der Waals surface area contributed by atoms with Crippen molar-refractivity contribution in [1.82, 2.24) is 4.98 Å². The normalized spacial score (nSPS) is 20.0. The summed E-state index contributed by atoms with van der Waals surface area (Å²) in [7, 11) is 0. The molecule has 2 rings (SSSR count). The molecule has 1 unspecified atom stereocenters. The van der Waals surface area contributed by atoms with Gasteiger partial charge in [0.15, 0.2) is 0 Å². The molecule has 1 atom stereocenters. The van der Waals surface area contributed by atoms with E-state index in [0.717, 1.165) is 28.5 Å². The molecule has 0 aromatic carbocycles. The number of rotatable bonds is 1. The van der Waals surface area contributed by atoms with Gasteiger partial charge in [0.1, 0.15) is 9.99 Å². The van der Waals surface area contributed by atoms with E-state index in [9.17, 15) is 4.79 Å². The Kier molecular flexibility index (Phi) is 2.36. The second-order valence-electron chi connectivity index (χ2n) is 3.47. The zero-order valence-corrected chi connectivity index (χ0v) is 9.54. The van der Waals surface area contributed by atoms with Crippen molar-refractivity contribution in [3.8, 4) is 0 Å². The van der Waals surface area contributed by atoms with Gasteiger partial charge in [0.2, 0.25) is 0 Å². The lowest BCUT2D eigenvalue weighted by atomic mass is 10.1. The largest absolute Gasteiger partial charge is 0.303 e. The molecular weight excluding hydrogens is 277 g/mol. The van der Waals surface area contributed by atoms with E-state index < -0.39 is 0 Å². The van der Waals surface area contributed by atoms with Crippen LogP contribution in [-0.4, -0.2) is 11.3 Å². The number of pyridine rings is 1. The minimum Gasteiger partial charge on any atom is -0.303 e. The van der Waals surface area contributed by atoms with Crippen molar-refractivity contribution < 1.29 is 4.79 Å². The molecule has 0 bridgehead atoms. The van der Waals surface area contributed by atoms with Crippen molar-refractivity contribution in [3.05, 3.63) is 26.6 Å². The van der Waals surface area contributed by atoms with E-state index in [1.807, 2.05) is 6.92 Å². The Hall–Kier alpha value is -0.450.